The molecule has 2 aromatic rings. The molecule has 86 valence electrons. The van der Waals surface area contributed by atoms with Crippen LogP contribution in [-0.4, -0.2) is 16.3 Å². The van der Waals surface area contributed by atoms with Crippen LogP contribution in [0, 0.1) is 0 Å². The van der Waals surface area contributed by atoms with Crippen LogP contribution in [0.4, 0.5) is 0 Å². The summed E-state index contributed by atoms with van der Waals surface area (Å²) in [7, 11) is 1.96. The van der Waals surface area contributed by atoms with Crippen molar-refractivity contribution in [2.24, 2.45) is 7.05 Å². The Hall–Kier alpha value is -1.13. The van der Waals surface area contributed by atoms with Crippen molar-refractivity contribution in [1.82, 2.24) is 15.1 Å². The van der Waals surface area contributed by atoms with Crippen molar-refractivity contribution in [2.45, 2.75) is 19.4 Å². The van der Waals surface area contributed by atoms with Crippen LogP contribution < -0.4 is 5.32 Å². The van der Waals surface area contributed by atoms with Crippen LogP contribution in [0.5, 0.6) is 0 Å². The van der Waals surface area contributed by atoms with E-state index >= 15 is 0 Å². The first-order chi connectivity index (χ1) is 7.84. The topological polar surface area (TPSA) is 29.9 Å². The van der Waals surface area contributed by atoms with Crippen LogP contribution in [0.1, 0.15) is 17.5 Å². The summed E-state index contributed by atoms with van der Waals surface area (Å²) in [6.45, 7) is 2.04. The minimum absolute atomic E-state index is 0.983. The van der Waals surface area contributed by atoms with E-state index in [1.807, 2.05) is 17.9 Å². The summed E-state index contributed by atoms with van der Waals surface area (Å²) in [6.07, 6.45) is 6.29. The molecular weight excluding hydrogens is 218 g/mol. The lowest BCUT2D eigenvalue weighted by atomic mass is 10.2. The van der Waals surface area contributed by atoms with Crippen molar-refractivity contribution in [1.29, 1.82) is 0 Å². The van der Waals surface area contributed by atoms with Crippen molar-refractivity contribution in [3.63, 3.8) is 0 Å². The van der Waals surface area contributed by atoms with Crippen molar-refractivity contribution in [2.75, 3.05) is 6.54 Å². The molecule has 0 radical (unpaired) electrons. The van der Waals surface area contributed by atoms with E-state index in [-0.39, 0.29) is 0 Å². The second kappa shape index (κ2) is 5.82. The highest BCUT2D eigenvalue weighted by atomic mass is 32.1. The summed E-state index contributed by atoms with van der Waals surface area (Å²) in [4.78, 5) is 0. The monoisotopic (exact) mass is 235 g/mol. The van der Waals surface area contributed by atoms with Gasteiger partial charge in [0.15, 0.2) is 0 Å². The van der Waals surface area contributed by atoms with Crippen molar-refractivity contribution < 1.29 is 0 Å². The normalized spacial score (nSPS) is 10.8. The van der Waals surface area contributed by atoms with Crippen LogP contribution in [0.3, 0.4) is 0 Å². The molecule has 0 fully saturated rings. The fraction of sp³-hybridized carbons (Fsp3) is 0.417. The second-order valence-corrected chi connectivity index (χ2v) is 4.71. The van der Waals surface area contributed by atoms with Crippen molar-refractivity contribution in [3.8, 4) is 0 Å². The lowest BCUT2D eigenvalue weighted by Crippen LogP contribution is -2.14. The van der Waals surface area contributed by atoms with Crippen LogP contribution in [0.25, 0.3) is 0 Å². The highest BCUT2D eigenvalue weighted by molar-refractivity contribution is 7.07. The fourth-order valence-corrected chi connectivity index (χ4v) is 2.31. The van der Waals surface area contributed by atoms with Gasteiger partial charge in [-0.15, -0.1) is 0 Å². The maximum atomic E-state index is 4.15. The number of rotatable bonds is 6. The van der Waals surface area contributed by atoms with Gasteiger partial charge in [-0.2, -0.15) is 16.4 Å². The molecule has 1 N–H and O–H groups in total. The zero-order valence-corrected chi connectivity index (χ0v) is 10.3. The highest BCUT2D eigenvalue weighted by Gasteiger charge is 1.96. The van der Waals surface area contributed by atoms with E-state index in [9.17, 15) is 0 Å². The summed E-state index contributed by atoms with van der Waals surface area (Å²) in [5.41, 5.74) is 2.70. The Labute approximate surface area is 100 Å². The molecule has 3 nitrogen and oxygen atoms in total. The van der Waals surface area contributed by atoms with Crippen LogP contribution in [-0.2, 0) is 20.0 Å². The molecule has 2 aromatic heterocycles. The molecule has 0 atom stereocenters. The number of aryl methyl sites for hydroxylation is 2. The van der Waals surface area contributed by atoms with Gasteiger partial charge in [0.2, 0.25) is 0 Å². The first kappa shape index (κ1) is 11.4. The molecular formula is C12H17N3S. The van der Waals surface area contributed by atoms with E-state index in [2.05, 4.69) is 33.4 Å². The van der Waals surface area contributed by atoms with Gasteiger partial charge >= 0.3 is 0 Å². The van der Waals surface area contributed by atoms with E-state index in [4.69, 9.17) is 0 Å². The molecule has 0 aliphatic rings. The summed E-state index contributed by atoms with van der Waals surface area (Å²) in [5.74, 6) is 0. The summed E-state index contributed by atoms with van der Waals surface area (Å²) in [5, 5.41) is 11.9. The Morgan fingerprint density at radius 3 is 3.06 bits per heavy atom. The first-order valence-electron chi connectivity index (χ1n) is 5.54. The van der Waals surface area contributed by atoms with E-state index in [0.717, 1.165) is 25.9 Å². The first-order valence-corrected chi connectivity index (χ1v) is 6.48. The largest absolute Gasteiger partial charge is 0.313 e. The summed E-state index contributed by atoms with van der Waals surface area (Å²) < 4.78 is 1.86. The predicted molar refractivity (Wildman–Crippen MR) is 67.6 cm³/mol. The summed E-state index contributed by atoms with van der Waals surface area (Å²) >= 11 is 1.75. The molecule has 0 aromatic carbocycles. The number of hydrogen-bond donors (Lipinski definition) is 1. The number of nitrogens with zero attached hydrogens (tertiary/aromatic N) is 2. The van der Waals surface area contributed by atoms with Gasteiger partial charge in [-0.1, -0.05) is 0 Å². The highest BCUT2D eigenvalue weighted by Crippen LogP contribution is 2.05. The van der Waals surface area contributed by atoms with Crippen LogP contribution >= 0.6 is 11.3 Å². The minimum atomic E-state index is 0.983. The van der Waals surface area contributed by atoms with E-state index in [1.165, 1.54) is 11.1 Å². The van der Waals surface area contributed by atoms with Crippen LogP contribution in [0.15, 0.2) is 29.2 Å². The smallest absolute Gasteiger partial charge is 0.0521 e. The molecule has 0 bridgehead atoms. The lowest BCUT2D eigenvalue weighted by Gasteiger charge is -2.01. The SMILES string of the molecule is Cn1cc(CCCNCc2ccsc2)cn1. The average molecular weight is 235 g/mol. The van der Waals surface area contributed by atoms with E-state index in [1.54, 1.807) is 11.3 Å². The minimum Gasteiger partial charge on any atom is -0.313 e. The van der Waals surface area contributed by atoms with Crippen LogP contribution in [0.2, 0.25) is 0 Å². The van der Waals surface area contributed by atoms with Gasteiger partial charge in [0.25, 0.3) is 0 Å². The van der Waals surface area contributed by atoms with Gasteiger partial charge in [-0.25, -0.2) is 0 Å². The quantitative estimate of drug-likeness (QED) is 0.778. The molecule has 16 heavy (non-hydrogen) atoms. The lowest BCUT2D eigenvalue weighted by molar-refractivity contribution is 0.650. The Morgan fingerprint density at radius 2 is 2.38 bits per heavy atom. The molecule has 4 heteroatoms. The molecule has 0 spiro atoms. The van der Waals surface area contributed by atoms with Crippen molar-refractivity contribution in [3.05, 3.63) is 40.3 Å². The predicted octanol–water partition coefficient (Wildman–Crippen LogP) is 2.20. The molecule has 0 aliphatic carbocycles. The number of hydrogen-bond acceptors (Lipinski definition) is 3. The molecule has 0 saturated heterocycles. The average Bonchev–Trinajstić information content (AvgIpc) is 2.89. The maximum absolute atomic E-state index is 4.15. The second-order valence-electron chi connectivity index (χ2n) is 3.93. The zero-order chi connectivity index (χ0) is 11.2. The van der Waals surface area contributed by atoms with Gasteiger partial charge in [0, 0.05) is 19.8 Å². The third kappa shape index (κ3) is 3.47. The van der Waals surface area contributed by atoms with Gasteiger partial charge in [-0.3, -0.25) is 4.68 Å². The molecule has 2 rings (SSSR count). The van der Waals surface area contributed by atoms with E-state index in [0.29, 0.717) is 0 Å². The Bertz CT molecular complexity index is 406. The Morgan fingerprint density at radius 1 is 1.44 bits per heavy atom. The third-order valence-corrected chi connectivity index (χ3v) is 3.22. The molecule has 0 aliphatic heterocycles. The molecule has 0 amide bonds. The zero-order valence-electron chi connectivity index (χ0n) is 9.52. The van der Waals surface area contributed by atoms with Gasteiger partial charge in [-0.05, 0) is 47.3 Å². The molecule has 0 saturated carbocycles. The Kier molecular flexibility index (Phi) is 4.13. The van der Waals surface area contributed by atoms with Crippen molar-refractivity contribution >= 4 is 11.3 Å². The third-order valence-electron chi connectivity index (χ3n) is 2.49. The molecule has 2 heterocycles. The number of nitrogens with one attached hydrogen (secondary N) is 1. The number of thiophene rings is 1. The fourth-order valence-electron chi connectivity index (χ4n) is 1.64. The van der Waals surface area contributed by atoms with Gasteiger partial charge in [0.1, 0.15) is 0 Å². The van der Waals surface area contributed by atoms with Gasteiger partial charge in [0.05, 0.1) is 6.20 Å². The summed E-state index contributed by atoms with van der Waals surface area (Å²) in [6, 6.07) is 2.17. The van der Waals surface area contributed by atoms with Gasteiger partial charge < -0.3 is 5.32 Å². The Balaban J connectivity index is 1.59. The van der Waals surface area contributed by atoms with E-state index < -0.39 is 0 Å². The maximum Gasteiger partial charge on any atom is 0.0521 e. The molecule has 0 unspecified atom stereocenters. The standard InChI is InChI=1S/C12H17N3S/c1-15-9-11(8-14-15)3-2-5-13-7-12-4-6-16-10-12/h4,6,8-10,13H,2-3,5,7H2,1H3. The number of aromatic nitrogens is 2.